The first-order valence-corrected chi connectivity index (χ1v) is 5.91. The lowest BCUT2D eigenvalue weighted by atomic mass is 9.84. The minimum atomic E-state index is -0.699. The second kappa shape index (κ2) is 4.97. The van der Waals surface area contributed by atoms with Crippen LogP contribution in [-0.4, -0.2) is 35.6 Å². The zero-order valence-electron chi connectivity index (χ0n) is 10.1. The van der Waals surface area contributed by atoms with E-state index in [1.165, 1.54) is 19.3 Å². The third kappa shape index (κ3) is 3.49. The maximum absolute atomic E-state index is 11.0. The average molecular weight is 213 g/mol. The average Bonchev–Trinajstić information content (AvgIpc) is 2.08. The Hall–Kier alpha value is -0.570. The highest BCUT2D eigenvalue weighted by Gasteiger charge is 2.30. The van der Waals surface area contributed by atoms with Crippen molar-refractivity contribution in [3.63, 3.8) is 0 Å². The molecular weight excluding hydrogens is 190 g/mol. The molecule has 0 amide bonds. The Morgan fingerprint density at radius 2 is 2.07 bits per heavy atom. The lowest BCUT2D eigenvalue weighted by Crippen LogP contribution is -2.42. The first-order valence-electron chi connectivity index (χ1n) is 5.91. The normalized spacial score (nSPS) is 17.9. The predicted molar refractivity (Wildman–Crippen MR) is 60.9 cm³/mol. The lowest BCUT2D eigenvalue weighted by molar-refractivity contribution is -0.148. The molecule has 1 rings (SSSR count). The minimum Gasteiger partial charge on any atom is -0.481 e. The summed E-state index contributed by atoms with van der Waals surface area (Å²) in [5, 5.41) is 9.06. The molecule has 88 valence electrons. The van der Waals surface area contributed by atoms with Crippen molar-refractivity contribution in [3.8, 4) is 0 Å². The summed E-state index contributed by atoms with van der Waals surface area (Å²) in [6.07, 6.45) is 4.00. The van der Waals surface area contributed by atoms with E-state index in [-0.39, 0.29) is 0 Å². The smallest absolute Gasteiger partial charge is 0.310 e. The first-order chi connectivity index (χ1) is 6.95. The van der Waals surface area contributed by atoms with Crippen LogP contribution < -0.4 is 0 Å². The van der Waals surface area contributed by atoms with Crippen LogP contribution in [0.25, 0.3) is 0 Å². The minimum absolute atomic E-state index is 0.625. The Balaban J connectivity index is 2.40. The zero-order chi connectivity index (χ0) is 11.5. The van der Waals surface area contributed by atoms with Crippen molar-refractivity contribution in [3.05, 3.63) is 0 Å². The summed E-state index contributed by atoms with van der Waals surface area (Å²) in [7, 11) is 0. The van der Waals surface area contributed by atoms with E-state index in [9.17, 15) is 4.79 Å². The molecule has 1 saturated carbocycles. The van der Waals surface area contributed by atoms with Gasteiger partial charge in [-0.15, -0.1) is 0 Å². The van der Waals surface area contributed by atoms with E-state index in [0.717, 1.165) is 19.0 Å². The number of hydrogen-bond acceptors (Lipinski definition) is 2. The maximum Gasteiger partial charge on any atom is 0.310 e. The van der Waals surface area contributed by atoms with Crippen molar-refractivity contribution in [2.75, 3.05) is 19.6 Å². The van der Waals surface area contributed by atoms with Crippen LogP contribution in [0.5, 0.6) is 0 Å². The van der Waals surface area contributed by atoms with Crippen LogP contribution in [0.3, 0.4) is 0 Å². The molecule has 1 aliphatic rings. The molecule has 3 nitrogen and oxygen atoms in total. The molecule has 0 aromatic heterocycles. The molecule has 0 spiro atoms. The number of rotatable bonds is 6. The highest BCUT2D eigenvalue weighted by molar-refractivity contribution is 5.73. The van der Waals surface area contributed by atoms with Gasteiger partial charge in [-0.1, -0.05) is 13.3 Å². The van der Waals surface area contributed by atoms with Crippen molar-refractivity contribution in [2.45, 2.75) is 40.0 Å². The maximum atomic E-state index is 11.0. The van der Waals surface area contributed by atoms with Crippen molar-refractivity contribution in [1.29, 1.82) is 0 Å². The van der Waals surface area contributed by atoms with Gasteiger partial charge in [-0.2, -0.15) is 0 Å². The van der Waals surface area contributed by atoms with Crippen molar-refractivity contribution in [1.82, 2.24) is 4.90 Å². The van der Waals surface area contributed by atoms with Crippen LogP contribution in [0, 0.1) is 11.3 Å². The third-order valence-electron chi connectivity index (χ3n) is 3.39. The molecule has 15 heavy (non-hydrogen) atoms. The van der Waals surface area contributed by atoms with Crippen LogP contribution in [0.1, 0.15) is 40.0 Å². The molecular formula is C12H23NO2. The van der Waals surface area contributed by atoms with E-state index in [1.807, 2.05) is 0 Å². The molecule has 0 atom stereocenters. The fourth-order valence-corrected chi connectivity index (χ4v) is 1.97. The van der Waals surface area contributed by atoms with Crippen molar-refractivity contribution >= 4 is 5.97 Å². The Labute approximate surface area is 92.5 Å². The Kier molecular flexibility index (Phi) is 4.14. The Morgan fingerprint density at radius 3 is 2.40 bits per heavy atom. The standard InChI is InChI=1S/C12H23NO2/c1-4-13(8-10-6-5-7-10)9-12(2,3)11(14)15/h10H,4-9H2,1-3H3,(H,14,15). The van der Waals surface area contributed by atoms with Gasteiger partial charge in [0.2, 0.25) is 0 Å². The van der Waals surface area contributed by atoms with E-state index >= 15 is 0 Å². The molecule has 3 heteroatoms. The van der Waals surface area contributed by atoms with E-state index in [0.29, 0.717) is 6.54 Å². The van der Waals surface area contributed by atoms with Crippen LogP contribution in [0.15, 0.2) is 0 Å². The van der Waals surface area contributed by atoms with Crippen LogP contribution in [-0.2, 0) is 4.79 Å². The lowest BCUT2D eigenvalue weighted by Gasteiger charge is -2.35. The summed E-state index contributed by atoms with van der Waals surface area (Å²) in [5.41, 5.74) is -0.625. The molecule has 0 heterocycles. The van der Waals surface area contributed by atoms with Gasteiger partial charge in [0, 0.05) is 13.1 Å². The number of carboxylic acids is 1. The van der Waals surface area contributed by atoms with Gasteiger partial charge in [-0.25, -0.2) is 0 Å². The van der Waals surface area contributed by atoms with Gasteiger partial charge in [-0.3, -0.25) is 4.79 Å². The summed E-state index contributed by atoms with van der Waals surface area (Å²) in [6, 6.07) is 0. The monoisotopic (exact) mass is 213 g/mol. The van der Waals surface area contributed by atoms with E-state index in [1.54, 1.807) is 13.8 Å². The van der Waals surface area contributed by atoms with Crippen molar-refractivity contribution in [2.24, 2.45) is 11.3 Å². The molecule has 0 unspecified atom stereocenters. The van der Waals surface area contributed by atoms with E-state index < -0.39 is 11.4 Å². The Morgan fingerprint density at radius 1 is 1.47 bits per heavy atom. The van der Waals surface area contributed by atoms with Gasteiger partial charge in [0.15, 0.2) is 0 Å². The summed E-state index contributed by atoms with van der Waals surface area (Å²) in [5.74, 6) is 0.115. The molecule has 0 aromatic carbocycles. The molecule has 1 fully saturated rings. The van der Waals surface area contributed by atoms with Gasteiger partial charge in [0.05, 0.1) is 5.41 Å². The van der Waals surface area contributed by atoms with Crippen LogP contribution in [0.2, 0.25) is 0 Å². The number of carbonyl (C=O) groups is 1. The number of nitrogens with zero attached hydrogens (tertiary/aromatic N) is 1. The quantitative estimate of drug-likeness (QED) is 0.735. The number of aliphatic carboxylic acids is 1. The van der Waals surface area contributed by atoms with Crippen LogP contribution >= 0.6 is 0 Å². The summed E-state index contributed by atoms with van der Waals surface area (Å²) in [4.78, 5) is 13.3. The van der Waals surface area contributed by atoms with Gasteiger partial charge < -0.3 is 10.0 Å². The van der Waals surface area contributed by atoms with Gasteiger partial charge in [0.25, 0.3) is 0 Å². The molecule has 0 aromatic rings. The second-order valence-electron chi connectivity index (χ2n) is 5.31. The van der Waals surface area contributed by atoms with E-state index in [2.05, 4.69) is 11.8 Å². The molecule has 0 bridgehead atoms. The van der Waals surface area contributed by atoms with Crippen LogP contribution in [0.4, 0.5) is 0 Å². The second-order valence-corrected chi connectivity index (χ2v) is 5.31. The summed E-state index contributed by atoms with van der Waals surface area (Å²) < 4.78 is 0. The van der Waals surface area contributed by atoms with Gasteiger partial charge >= 0.3 is 5.97 Å². The highest BCUT2D eigenvalue weighted by atomic mass is 16.4. The SMILES string of the molecule is CCN(CC1CCC1)CC(C)(C)C(=O)O. The zero-order valence-corrected chi connectivity index (χ0v) is 10.1. The molecule has 0 aliphatic heterocycles. The summed E-state index contributed by atoms with van der Waals surface area (Å²) >= 11 is 0. The predicted octanol–water partition coefficient (Wildman–Crippen LogP) is 2.22. The van der Waals surface area contributed by atoms with Gasteiger partial charge in [-0.05, 0) is 39.2 Å². The highest BCUT2D eigenvalue weighted by Crippen LogP contribution is 2.28. The van der Waals surface area contributed by atoms with Gasteiger partial charge in [0.1, 0.15) is 0 Å². The number of hydrogen-bond donors (Lipinski definition) is 1. The Bertz CT molecular complexity index is 222. The number of carboxylic acid groups (broad SMARTS) is 1. The molecule has 0 radical (unpaired) electrons. The molecule has 1 aliphatic carbocycles. The molecule has 1 N–H and O–H groups in total. The van der Waals surface area contributed by atoms with Crippen molar-refractivity contribution < 1.29 is 9.90 Å². The first kappa shape index (κ1) is 12.5. The topological polar surface area (TPSA) is 40.5 Å². The molecule has 0 saturated heterocycles. The third-order valence-corrected chi connectivity index (χ3v) is 3.39. The van der Waals surface area contributed by atoms with E-state index in [4.69, 9.17) is 5.11 Å². The summed E-state index contributed by atoms with van der Waals surface area (Å²) in [6.45, 7) is 8.41. The fraction of sp³-hybridized carbons (Fsp3) is 0.917. The fourth-order valence-electron chi connectivity index (χ4n) is 1.97. The largest absolute Gasteiger partial charge is 0.481 e.